The second-order valence-corrected chi connectivity index (χ2v) is 4.85. The average Bonchev–Trinajstić information content (AvgIpc) is 2.40. The largest absolute Gasteiger partial charge is 0.506 e. The highest BCUT2D eigenvalue weighted by molar-refractivity contribution is 7.98. The van der Waals surface area contributed by atoms with E-state index >= 15 is 0 Å². The Bertz CT molecular complexity index is 543. The van der Waals surface area contributed by atoms with Gasteiger partial charge in [-0.3, -0.25) is 0 Å². The van der Waals surface area contributed by atoms with Crippen LogP contribution in [0.1, 0.15) is 5.56 Å². The van der Waals surface area contributed by atoms with Gasteiger partial charge in [0, 0.05) is 10.6 Å². The molecule has 0 fully saturated rings. The van der Waals surface area contributed by atoms with Gasteiger partial charge >= 0.3 is 0 Å². The number of ether oxygens (including phenoxy) is 1. The molecule has 0 heterocycles. The summed E-state index contributed by atoms with van der Waals surface area (Å²) in [5, 5.41) is 9.36. The van der Waals surface area contributed by atoms with Gasteiger partial charge in [0.25, 0.3) is 0 Å². The van der Waals surface area contributed by atoms with Crippen LogP contribution in [-0.2, 0) is 5.75 Å². The van der Waals surface area contributed by atoms with E-state index < -0.39 is 0 Å². The number of methoxy groups -OCH3 is 1. The van der Waals surface area contributed by atoms with Crippen LogP contribution in [0, 0.1) is 0 Å². The van der Waals surface area contributed by atoms with Crippen LogP contribution < -0.4 is 10.5 Å². The van der Waals surface area contributed by atoms with Gasteiger partial charge in [0.15, 0.2) is 0 Å². The Hall–Kier alpha value is -1.81. The standard InChI is InChI=1S/C14H15NO2S/c1-17-13-4-2-3-5-14(13)18-9-10-6-7-12(16)11(15)8-10/h2-8,16H,9,15H2,1H3. The molecular formula is C14H15NO2S. The van der Waals surface area contributed by atoms with Crippen LogP contribution in [0.3, 0.4) is 0 Å². The third-order valence-corrected chi connectivity index (χ3v) is 3.68. The molecule has 0 spiro atoms. The molecule has 2 aromatic rings. The summed E-state index contributed by atoms with van der Waals surface area (Å²) < 4.78 is 5.29. The molecule has 0 aromatic heterocycles. The fourth-order valence-electron chi connectivity index (χ4n) is 1.59. The van der Waals surface area contributed by atoms with E-state index in [1.54, 1.807) is 31.0 Å². The van der Waals surface area contributed by atoms with Gasteiger partial charge in [0.05, 0.1) is 12.8 Å². The lowest BCUT2D eigenvalue weighted by Gasteiger charge is -2.08. The molecular weight excluding hydrogens is 246 g/mol. The SMILES string of the molecule is COc1ccccc1SCc1ccc(O)c(N)c1. The van der Waals surface area contributed by atoms with Crippen molar-refractivity contribution in [2.45, 2.75) is 10.6 Å². The Kier molecular flexibility index (Phi) is 3.99. The highest BCUT2D eigenvalue weighted by atomic mass is 32.2. The van der Waals surface area contributed by atoms with Crippen molar-refractivity contribution in [2.75, 3.05) is 12.8 Å². The Morgan fingerprint density at radius 3 is 2.72 bits per heavy atom. The number of anilines is 1. The summed E-state index contributed by atoms with van der Waals surface area (Å²) in [7, 11) is 1.66. The number of phenolic OH excluding ortho intramolecular Hbond substituents is 1. The summed E-state index contributed by atoms with van der Waals surface area (Å²) in [6.07, 6.45) is 0. The van der Waals surface area contributed by atoms with E-state index in [0.717, 1.165) is 22.0 Å². The molecule has 2 aromatic carbocycles. The van der Waals surface area contributed by atoms with Gasteiger partial charge in [0.1, 0.15) is 11.5 Å². The molecule has 0 aliphatic heterocycles. The predicted molar refractivity (Wildman–Crippen MR) is 75.1 cm³/mol. The summed E-state index contributed by atoms with van der Waals surface area (Å²) in [5.74, 6) is 1.78. The van der Waals surface area contributed by atoms with Crippen LogP contribution in [0.2, 0.25) is 0 Å². The minimum absolute atomic E-state index is 0.126. The van der Waals surface area contributed by atoms with Crippen LogP contribution in [-0.4, -0.2) is 12.2 Å². The number of nitrogen functional groups attached to an aromatic ring is 1. The Labute approximate surface area is 111 Å². The molecule has 0 saturated carbocycles. The Morgan fingerprint density at radius 2 is 2.00 bits per heavy atom. The first-order valence-corrected chi connectivity index (χ1v) is 6.52. The fourth-order valence-corrected chi connectivity index (χ4v) is 2.56. The maximum absolute atomic E-state index is 9.36. The van der Waals surface area contributed by atoms with Gasteiger partial charge in [-0.1, -0.05) is 18.2 Å². The molecule has 3 N–H and O–H groups in total. The molecule has 4 heteroatoms. The number of benzene rings is 2. The van der Waals surface area contributed by atoms with Gasteiger partial charge in [-0.05, 0) is 29.8 Å². The number of phenols is 1. The van der Waals surface area contributed by atoms with Gasteiger partial charge in [-0.25, -0.2) is 0 Å². The topological polar surface area (TPSA) is 55.5 Å². The van der Waals surface area contributed by atoms with Crippen LogP contribution in [0.25, 0.3) is 0 Å². The normalized spacial score (nSPS) is 10.3. The van der Waals surface area contributed by atoms with Gasteiger partial charge < -0.3 is 15.6 Å². The molecule has 94 valence electrons. The highest BCUT2D eigenvalue weighted by Gasteiger charge is 2.04. The van der Waals surface area contributed by atoms with Gasteiger partial charge in [-0.15, -0.1) is 11.8 Å². The third kappa shape index (κ3) is 2.90. The minimum Gasteiger partial charge on any atom is -0.506 e. The van der Waals surface area contributed by atoms with E-state index in [9.17, 15) is 5.11 Å². The molecule has 0 atom stereocenters. The van der Waals surface area contributed by atoms with Crippen LogP contribution >= 0.6 is 11.8 Å². The number of para-hydroxylation sites is 1. The van der Waals surface area contributed by atoms with Crippen molar-refractivity contribution in [2.24, 2.45) is 0 Å². The molecule has 0 aliphatic rings. The maximum atomic E-state index is 9.36. The van der Waals surface area contributed by atoms with Crippen molar-refractivity contribution in [3.8, 4) is 11.5 Å². The summed E-state index contributed by atoms with van der Waals surface area (Å²) in [6.45, 7) is 0. The molecule has 0 unspecified atom stereocenters. The van der Waals surface area contributed by atoms with Crippen molar-refractivity contribution in [1.29, 1.82) is 0 Å². The second kappa shape index (κ2) is 5.69. The van der Waals surface area contributed by atoms with Crippen LogP contribution in [0.4, 0.5) is 5.69 Å². The van der Waals surface area contributed by atoms with E-state index in [-0.39, 0.29) is 5.75 Å². The van der Waals surface area contributed by atoms with Crippen molar-refractivity contribution < 1.29 is 9.84 Å². The van der Waals surface area contributed by atoms with Crippen LogP contribution in [0.15, 0.2) is 47.4 Å². The molecule has 0 radical (unpaired) electrons. The molecule has 18 heavy (non-hydrogen) atoms. The summed E-state index contributed by atoms with van der Waals surface area (Å²) >= 11 is 1.68. The number of thioether (sulfide) groups is 1. The average molecular weight is 261 g/mol. The minimum atomic E-state index is 0.126. The smallest absolute Gasteiger partial charge is 0.138 e. The molecule has 2 rings (SSSR count). The van der Waals surface area contributed by atoms with Crippen molar-refractivity contribution >= 4 is 17.4 Å². The van der Waals surface area contributed by atoms with E-state index in [1.807, 2.05) is 30.3 Å². The molecule has 0 amide bonds. The van der Waals surface area contributed by atoms with E-state index in [0.29, 0.717) is 5.69 Å². The zero-order valence-electron chi connectivity index (χ0n) is 10.1. The number of hydrogen-bond donors (Lipinski definition) is 2. The lowest BCUT2D eigenvalue weighted by Crippen LogP contribution is -1.89. The van der Waals surface area contributed by atoms with Crippen molar-refractivity contribution in [1.82, 2.24) is 0 Å². The predicted octanol–water partition coefficient (Wildman–Crippen LogP) is 3.28. The first-order chi connectivity index (χ1) is 8.70. The number of nitrogens with two attached hydrogens (primary N) is 1. The quantitative estimate of drug-likeness (QED) is 0.504. The van der Waals surface area contributed by atoms with Crippen molar-refractivity contribution in [3.63, 3.8) is 0 Å². The monoisotopic (exact) mass is 261 g/mol. The molecule has 0 aliphatic carbocycles. The van der Waals surface area contributed by atoms with E-state index in [4.69, 9.17) is 10.5 Å². The van der Waals surface area contributed by atoms with Gasteiger partial charge in [0.2, 0.25) is 0 Å². The number of rotatable bonds is 4. The Morgan fingerprint density at radius 1 is 1.22 bits per heavy atom. The molecule has 0 saturated heterocycles. The lowest BCUT2D eigenvalue weighted by molar-refractivity contribution is 0.405. The summed E-state index contributed by atoms with van der Waals surface area (Å²) in [4.78, 5) is 1.09. The van der Waals surface area contributed by atoms with Gasteiger partial charge in [-0.2, -0.15) is 0 Å². The van der Waals surface area contributed by atoms with E-state index in [2.05, 4.69) is 0 Å². The van der Waals surface area contributed by atoms with Crippen LogP contribution in [0.5, 0.6) is 11.5 Å². The maximum Gasteiger partial charge on any atom is 0.138 e. The summed E-state index contributed by atoms with van der Waals surface area (Å²) in [6, 6.07) is 13.2. The first kappa shape index (κ1) is 12.6. The van der Waals surface area contributed by atoms with E-state index in [1.165, 1.54) is 0 Å². The number of aromatic hydroxyl groups is 1. The molecule has 3 nitrogen and oxygen atoms in total. The lowest BCUT2D eigenvalue weighted by atomic mass is 10.2. The first-order valence-electron chi connectivity index (χ1n) is 5.54. The fraction of sp³-hybridized carbons (Fsp3) is 0.143. The van der Waals surface area contributed by atoms with Crippen molar-refractivity contribution in [3.05, 3.63) is 48.0 Å². The summed E-state index contributed by atoms with van der Waals surface area (Å²) in [5.41, 5.74) is 7.14. The Balaban J connectivity index is 2.09. The zero-order chi connectivity index (χ0) is 13.0. The number of hydrogen-bond acceptors (Lipinski definition) is 4. The molecule has 0 bridgehead atoms. The second-order valence-electron chi connectivity index (χ2n) is 3.83. The highest BCUT2D eigenvalue weighted by Crippen LogP contribution is 2.32. The zero-order valence-corrected chi connectivity index (χ0v) is 10.9. The third-order valence-electron chi connectivity index (χ3n) is 2.56.